The molecular weight excluding hydrogens is 628 g/mol. The Hall–Kier alpha value is -4.44. The van der Waals surface area contributed by atoms with E-state index >= 15 is 0 Å². The minimum Gasteiger partial charge on any atom is -0.489 e. The lowest BCUT2D eigenvalue weighted by molar-refractivity contribution is -0.160. The molecule has 1 fully saturated rings. The first-order valence-corrected chi connectivity index (χ1v) is 16.8. The average Bonchev–Trinajstić information content (AvgIpc) is 3.19. The highest BCUT2D eigenvalue weighted by Crippen LogP contribution is 2.31. The van der Waals surface area contributed by atoms with Gasteiger partial charge in [-0.05, 0) is 76.9 Å². The quantitative estimate of drug-likeness (QED) is 0.150. The van der Waals surface area contributed by atoms with Crippen LogP contribution < -0.4 is 20.3 Å². The van der Waals surface area contributed by atoms with Crippen LogP contribution in [-0.4, -0.2) is 106 Å². The molecule has 264 valence electrons. The number of hydrogen-bond acceptors (Lipinski definition) is 9. The number of hydrogen-bond donors (Lipinski definition) is 2. The minimum atomic E-state index is -1.02. The van der Waals surface area contributed by atoms with Gasteiger partial charge in [0.05, 0.1) is 25.5 Å². The molecule has 1 atom stereocenters. The van der Waals surface area contributed by atoms with Crippen molar-refractivity contribution in [2.45, 2.75) is 51.7 Å². The van der Waals surface area contributed by atoms with Gasteiger partial charge in [-0.1, -0.05) is 42.2 Å². The van der Waals surface area contributed by atoms with Crippen molar-refractivity contribution >= 4 is 29.4 Å². The molecule has 0 unspecified atom stereocenters. The number of amides is 3. The van der Waals surface area contributed by atoms with Crippen molar-refractivity contribution in [3.8, 4) is 17.6 Å². The van der Waals surface area contributed by atoms with Crippen LogP contribution in [0.3, 0.4) is 0 Å². The van der Waals surface area contributed by atoms with Gasteiger partial charge >= 0.3 is 17.8 Å². The maximum absolute atomic E-state index is 13.2. The standard InChI is InChI=1S/C37H48N4O8/c1-37(2,3)49-33(42)26-47-23-22-46-21-20-41-18-15-28(16-19-41)10-11-29-12-13-32-31(24-29)40(4)36(45)30(25-48-32)39-35(44)34(43)38-17-14-27-8-6-5-7-9-27/h5-9,12-13,24,28,30H,14-23,25-26H2,1-4H3,(H,38,43)(H,39,44)/t30-/m0/s1. The highest BCUT2D eigenvalue weighted by Gasteiger charge is 2.32. The number of anilines is 1. The second-order valence-electron chi connectivity index (χ2n) is 13.0. The van der Waals surface area contributed by atoms with Gasteiger partial charge in [0.25, 0.3) is 5.91 Å². The highest BCUT2D eigenvalue weighted by atomic mass is 16.6. The molecule has 49 heavy (non-hydrogen) atoms. The summed E-state index contributed by atoms with van der Waals surface area (Å²) < 4.78 is 22.1. The molecule has 4 rings (SSSR count). The van der Waals surface area contributed by atoms with Crippen molar-refractivity contribution in [1.29, 1.82) is 0 Å². The summed E-state index contributed by atoms with van der Waals surface area (Å²) in [4.78, 5) is 53.6. The largest absolute Gasteiger partial charge is 0.489 e. The minimum absolute atomic E-state index is 0.0822. The molecule has 0 aromatic heterocycles. The molecule has 12 heteroatoms. The van der Waals surface area contributed by atoms with Gasteiger partial charge in [-0.15, -0.1) is 0 Å². The van der Waals surface area contributed by atoms with Gasteiger partial charge in [-0.25, -0.2) is 4.79 Å². The molecule has 2 heterocycles. The van der Waals surface area contributed by atoms with Crippen LogP contribution in [0.1, 0.15) is 44.7 Å². The fourth-order valence-corrected chi connectivity index (χ4v) is 5.38. The van der Waals surface area contributed by atoms with Crippen LogP contribution in [0.5, 0.6) is 5.75 Å². The van der Waals surface area contributed by atoms with Crippen molar-refractivity contribution in [3.63, 3.8) is 0 Å². The van der Waals surface area contributed by atoms with Crippen LogP contribution in [0.4, 0.5) is 5.69 Å². The number of piperidine rings is 1. The van der Waals surface area contributed by atoms with Gasteiger partial charge < -0.3 is 39.4 Å². The molecule has 2 N–H and O–H groups in total. The first kappa shape index (κ1) is 37.4. The lowest BCUT2D eigenvalue weighted by Gasteiger charge is -2.29. The zero-order chi connectivity index (χ0) is 35.2. The number of esters is 1. The molecule has 0 aliphatic carbocycles. The number of ether oxygens (including phenoxy) is 4. The predicted octanol–water partition coefficient (Wildman–Crippen LogP) is 2.32. The second-order valence-corrected chi connectivity index (χ2v) is 13.0. The van der Waals surface area contributed by atoms with Crippen LogP contribution in [0, 0.1) is 17.8 Å². The third-order valence-corrected chi connectivity index (χ3v) is 7.98. The van der Waals surface area contributed by atoms with Crippen molar-refractivity contribution in [2.24, 2.45) is 5.92 Å². The van der Waals surface area contributed by atoms with E-state index in [0.717, 1.165) is 43.6 Å². The average molecular weight is 677 g/mol. The fourth-order valence-electron chi connectivity index (χ4n) is 5.38. The fraction of sp³-hybridized carbons (Fsp3) is 0.514. The Morgan fingerprint density at radius 2 is 1.71 bits per heavy atom. The zero-order valence-electron chi connectivity index (χ0n) is 28.9. The van der Waals surface area contributed by atoms with Crippen molar-refractivity contribution in [3.05, 3.63) is 59.7 Å². The van der Waals surface area contributed by atoms with Crippen LogP contribution in [0.2, 0.25) is 0 Å². The molecule has 2 aliphatic rings. The van der Waals surface area contributed by atoms with Gasteiger partial charge in [0.1, 0.15) is 30.6 Å². The highest BCUT2D eigenvalue weighted by molar-refractivity contribution is 6.35. The SMILES string of the molecule is CN1C(=O)[C@@H](NC(=O)C(=O)NCCc2ccccc2)COc2ccc(C#CC3CCN(CCOCCOCC(=O)OC(C)(C)C)CC3)cc21. The Morgan fingerprint density at radius 3 is 2.45 bits per heavy atom. The van der Waals surface area contributed by atoms with E-state index in [1.165, 1.54) is 4.90 Å². The number of likely N-dealkylation sites (tertiary alicyclic amines) is 1. The zero-order valence-corrected chi connectivity index (χ0v) is 28.9. The van der Waals surface area contributed by atoms with Gasteiger partial charge in [-0.3, -0.25) is 14.4 Å². The molecule has 2 aromatic rings. The molecule has 0 saturated carbocycles. The predicted molar refractivity (Wildman–Crippen MR) is 184 cm³/mol. The molecule has 0 radical (unpaired) electrons. The first-order chi connectivity index (χ1) is 23.5. The Kier molecular flexibility index (Phi) is 14.0. The van der Waals surface area contributed by atoms with E-state index < -0.39 is 23.5 Å². The number of fused-ring (bicyclic) bond motifs is 1. The Morgan fingerprint density at radius 1 is 0.980 bits per heavy atom. The molecular formula is C37H48N4O8. The van der Waals surface area contributed by atoms with E-state index in [0.29, 0.717) is 44.2 Å². The number of nitrogens with one attached hydrogen (secondary N) is 2. The second kappa shape index (κ2) is 18.4. The topological polar surface area (TPSA) is 136 Å². The summed E-state index contributed by atoms with van der Waals surface area (Å²) in [6.45, 7) is 9.57. The monoisotopic (exact) mass is 676 g/mol. The molecule has 0 bridgehead atoms. The summed E-state index contributed by atoms with van der Waals surface area (Å²) in [7, 11) is 1.61. The van der Waals surface area contributed by atoms with E-state index in [4.69, 9.17) is 18.9 Å². The first-order valence-electron chi connectivity index (χ1n) is 16.8. The van der Waals surface area contributed by atoms with Crippen LogP contribution >= 0.6 is 0 Å². The lowest BCUT2D eigenvalue weighted by Crippen LogP contribution is -2.53. The maximum atomic E-state index is 13.2. The summed E-state index contributed by atoms with van der Waals surface area (Å²) in [6.07, 6.45) is 2.47. The number of nitrogens with zero attached hydrogens (tertiary/aromatic N) is 2. The summed E-state index contributed by atoms with van der Waals surface area (Å²) in [6, 6.07) is 14.0. The van der Waals surface area contributed by atoms with E-state index in [1.54, 1.807) is 13.1 Å². The van der Waals surface area contributed by atoms with Crippen LogP contribution in [0.15, 0.2) is 48.5 Å². The summed E-state index contributed by atoms with van der Waals surface area (Å²) in [5.41, 5.74) is 1.82. The lowest BCUT2D eigenvalue weighted by atomic mass is 9.97. The third-order valence-electron chi connectivity index (χ3n) is 7.98. The summed E-state index contributed by atoms with van der Waals surface area (Å²) in [5, 5.41) is 5.11. The van der Waals surface area contributed by atoms with Gasteiger partial charge in [-0.2, -0.15) is 0 Å². The summed E-state index contributed by atoms with van der Waals surface area (Å²) >= 11 is 0. The van der Waals surface area contributed by atoms with Crippen LogP contribution in [-0.2, 0) is 39.8 Å². The normalized spacial score (nSPS) is 16.8. The van der Waals surface area contributed by atoms with E-state index in [-0.39, 0.29) is 31.0 Å². The molecule has 0 spiro atoms. The third kappa shape index (κ3) is 12.5. The van der Waals surface area contributed by atoms with E-state index in [2.05, 4.69) is 27.4 Å². The van der Waals surface area contributed by atoms with Gasteiger partial charge in [0, 0.05) is 31.6 Å². The Bertz CT molecular complexity index is 1490. The number of likely N-dealkylation sites (N-methyl/N-ethyl adjacent to an activating group) is 1. The van der Waals surface area contributed by atoms with E-state index in [1.807, 2.05) is 63.2 Å². The molecule has 3 amide bonds. The number of carbonyl (C=O) groups excluding carboxylic acids is 4. The molecule has 1 saturated heterocycles. The Balaban J connectivity index is 1.16. The van der Waals surface area contributed by atoms with Crippen molar-refractivity contribution in [1.82, 2.24) is 15.5 Å². The van der Waals surface area contributed by atoms with Crippen molar-refractivity contribution < 1.29 is 38.1 Å². The number of benzene rings is 2. The van der Waals surface area contributed by atoms with E-state index in [9.17, 15) is 19.2 Å². The van der Waals surface area contributed by atoms with Gasteiger partial charge in [0.2, 0.25) is 0 Å². The molecule has 12 nitrogen and oxygen atoms in total. The molecule has 2 aliphatic heterocycles. The summed E-state index contributed by atoms with van der Waals surface area (Å²) in [5.74, 6) is 4.94. The Labute approximate surface area is 288 Å². The number of carbonyl (C=O) groups is 4. The maximum Gasteiger partial charge on any atom is 0.332 e. The smallest absolute Gasteiger partial charge is 0.332 e. The van der Waals surface area contributed by atoms with Crippen LogP contribution in [0.25, 0.3) is 0 Å². The molecule has 2 aromatic carbocycles. The van der Waals surface area contributed by atoms with Gasteiger partial charge in [0.15, 0.2) is 0 Å². The number of rotatable bonds is 12. The van der Waals surface area contributed by atoms with Crippen molar-refractivity contribution in [2.75, 3.05) is 71.2 Å².